The van der Waals surface area contributed by atoms with Gasteiger partial charge in [0, 0.05) is 17.2 Å². The quantitative estimate of drug-likeness (QED) is 0.573. The van der Waals surface area contributed by atoms with Crippen LogP contribution in [0.2, 0.25) is 0 Å². The van der Waals surface area contributed by atoms with Gasteiger partial charge in [0.05, 0.1) is 28.2 Å². The molecular formula is C20H16N4O4S2. The number of aromatic nitrogens is 1. The first-order chi connectivity index (χ1) is 14.4. The van der Waals surface area contributed by atoms with Gasteiger partial charge in [0.15, 0.2) is 5.13 Å². The lowest BCUT2D eigenvalue weighted by atomic mass is 10.1. The summed E-state index contributed by atoms with van der Waals surface area (Å²) in [7, 11) is 0. The van der Waals surface area contributed by atoms with Crippen molar-refractivity contribution in [2.45, 2.75) is 13.5 Å². The number of nitrogens with zero attached hydrogens (tertiary/aromatic N) is 2. The Balaban J connectivity index is 1.39. The van der Waals surface area contributed by atoms with Crippen molar-refractivity contribution in [2.24, 2.45) is 0 Å². The van der Waals surface area contributed by atoms with Crippen molar-refractivity contribution in [3.63, 3.8) is 0 Å². The third-order valence-electron chi connectivity index (χ3n) is 4.36. The van der Waals surface area contributed by atoms with E-state index in [0.717, 1.165) is 14.7 Å². The zero-order chi connectivity index (χ0) is 21.3. The summed E-state index contributed by atoms with van der Waals surface area (Å²) in [6.07, 6.45) is 0. The van der Waals surface area contributed by atoms with E-state index in [0.29, 0.717) is 28.5 Å². The van der Waals surface area contributed by atoms with Gasteiger partial charge in [-0.3, -0.25) is 24.1 Å². The minimum atomic E-state index is -0.497. The average Bonchev–Trinajstić information content (AvgIpc) is 3.43. The molecule has 0 atom stereocenters. The van der Waals surface area contributed by atoms with Crippen molar-refractivity contribution in [1.82, 2.24) is 15.2 Å². The highest BCUT2D eigenvalue weighted by molar-refractivity contribution is 7.17. The van der Waals surface area contributed by atoms with Crippen LogP contribution < -0.4 is 10.6 Å². The average molecular weight is 441 g/mol. The summed E-state index contributed by atoms with van der Waals surface area (Å²) in [5.41, 5.74) is 1.31. The zero-order valence-corrected chi connectivity index (χ0v) is 17.4. The fraction of sp³-hybridized carbons (Fsp3) is 0.150. The second-order valence-electron chi connectivity index (χ2n) is 6.50. The topological polar surface area (TPSA) is 108 Å². The maximum absolute atomic E-state index is 12.4. The van der Waals surface area contributed by atoms with Crippen molar-refractivity contribution < 1.29 is 19.2 Å². The number of imide groups is 1. The Labute approximate surface area is 179 Å². The molecule has 3 heterocycles. The van der Waals surface area contributed by atoms with Gasteiger partial charge in [-0.1, -0.05) is 12.1 Å². The van der Waals surface area contributed by atoms with Gasteiger partial charge in [-0.2, -0.15) is 0 Å². The van der Waals surface area contributed by atoms with Crippen molar-refractivity contribution in [3.05, 3.63) is 57.8 Å². The summed E-state index contributed by atoms with van der Waals surface area (Å²) >= 11 is 2.75. The SMILES string of the molecule is CC(=O)NCc1ccc(-c2csc(NC(=O)CN3C(=O)c4ccccc4C3=O)n2)s1. The minimum Gasteiger partial charge on any atom is -0.351 e. The van der Waals surface area contributed by atoms with Crippen molar-refractivity contribution in [3.8, 4) is 10.6 Å². The number of anilines is 1. The molecule has 0 aliphatic carbocycles. The van der Waals surface area contributed by atoms with E-state index in [2.05, 4.69) is 15.6 Å². The lowest BCUT2D eigenvalue weighted by Crippen LogP contribution is -2.37. The van der Waals surface area contributed by atoms with Crippen molar-refractivity contribution in [1.29, 1.82) is 0 Å². The van der Waals surface area contributed by atoms with E-state index in [9.17, 15) is 19.2 Å². The molecular weight excluding hydrogens is 424 g/mol. The van der Waals surface area contributed by atoms with Gasteiger partial charge in [-0.15, -0.1) is 22.7 Å². The molecule has 10 heteroatoms. The summed E-state index contributed by atoms with van der Waals surface area (Å²) in [5.74, 6) is -1.55. The highest BCUT2D eigenvalue weighted by Crippen LogP contribution is 2.31. The Morgan fingerprint density at radius 2 is 1.77 bits per heavy atom. The molecule has 0 unspecified atom stereocenters. The van der Waals surface area contributed by atoms with Gasteiger partial charge in [0.25, 0.3) is 11.8 Å². The van der Waals surface area contributed by atoms with Crippen LogP contribution in [0.15, 0.2) is 41.8 Å². The summed E-state index contributed by atoms with van der Waals surface area (Å²) in [6, 6.07) is 10.3. The van der Waals surface area contributed by atoms with E-state index in [1.54, 1.807) is 24.3 Å². The molecule has 8 nitrogen and oxygen atoms in total. The lowest BCUT2D eigenvalue weighted by Gasteiger charge is -2.12. The fourth-order valence-corrected chi connectivity index (χ4v) is 4.66. The summed E-state index contributed by atoms with van der Waals surface area (Å²) in [6.45, 7) is 1.54. The molecule has 0 radical (unpaired) electrons. The molecule has 1 aliphatic heterocycles. The summed E-state index contributed by atoms with van der Waals surface area (Å²) < 4.78 is 0. The Morgan fingerprint density at radius 1 is 1.07 bits per heavy atom. The number of hydrogen-bond acceptors (Lipinski definition) is 7. The van der Waals surface area contributed by atoms with Crippen LogP contribution >= 0.6 is 22.7 Å². The van der Waals surface area contributed by atoms with Crippen LogP contribution in [-0.4, -0.2) is 40.1 Å². The standard InChI is InChI=1S/C20H16N4O4S2/c1-11(25)21-8-12-6-7-16(30-12)15-10-29-20(22-15)23-17(26)9-24-18(27)13-4-2-3-5-14(13)19(24)28/h2-7,10H,8-9H2,1H3,(H,21,25)(H,22,23,26). The van der Waals surface area contributed by atoms with Crippen molar-refractivity contribution in [2.75, 3.05) is 11.9 Å². The maximum Gasteiger partial charge on any atom is 0.262 e. The van der Waals surface area contributed by atoms with Crippen LogP contribution in [0.1, 0.15) is 32.5 Å². The van der Waals surface area contributed by atoms with Gasteiger partial charge >= 0.3 is 0 Å². The predicted octanol–water partition coefficient (Wildman–Crippen LogP) is 2.74. The second kappa shape index (κ2) is 8.17. The number of carbonyl (C=O) groups excluding carboxylic acids is 4. The molecule has 1 aromatic carbocycles. The number of thiazole rings is 1. The third kappa shape index (κ3) is 4.00. The second-order valence-corrected chi connectivity index (χ2v) is 8.53. The third-order valence-corrected chi connectivity index (χ3v) is 6.22. The van der Waals surface area contributed by atoms with E-state index in [1.165, 1.54) is 29.6 Å². The molecule has 0 fully saturated rings. The number of hydrogen-bond donors (Lipinski definition) is 2. The molecule has 0 saturated heterocycles. The maximum atomic E-state index is 12.4. The van der Waals surface area contributed by atoms with Crippen LogP contribution in [-0.2, 0) is 16.1 Å². The number of benzene rings is 1. The molecule has 4 rings (SSSR count). The van der Waals surface area contributed by atoms with Crippen LogP contribution in [0.5, 0.6) is 0 Å². The molecule has 0 bridgehead atoms. The van der Waals surface area contributed by atoms with Crippen LogP contribution in [0.4, 0.5) is 5.13 Å². The van der Waals surface area contributed by atoms with Crippen LogP contribution in [0.3, 0.4) is 0 Å². The molecule has 152 valence electrons. The number of rotatable bonds is 6. The lowest BCUT2D eigenvalue weighted by molar-refractivity contribution is -0.119. The molecule has 3 aromatic rings. The van der Waals surface area contributed by atoms with Gasteiger partial charge in [0.2, 0.25) is 11.8 Å². The van der Waals surface area contributed by atoms with E-state index < -0.39 is 17.7 Å². The van der Waals surface area contributed by atoms with Gasteiger partial charge in [0.1, 0.15) is 6.54 Å². The van der Waals surface area contributed by atoms with Gasteiger partial charge in [-0.25, -0.2) is 4.98 Å². The first kappa shape index (κ1) is 19.9. The van der Waals surface area contributed by atoms with E-state index in [4.69, 9.17) is 0 Å². The largest absolute Gasteiger partial charge is 0.351 e. The van der Waals surface area contributed by atoms with Crippen LogP contribution in [0.25, 0.3) is 10.6 Å². The monoisotopic (exact) mass is 440 g/mol. The van der Waals surface area contributed by atoms with Gasteiger partial charge in [-0.05, 0) is 24.3 Å². The van der Waals surface area contributed by atoms with Crippen molar-refractivity contribution >= 4 is 51.4 Å². The molecule has 2 aromatic heterocycles. The fourth-order valence-electron chi connectivity index (χ4n) is 2.95. The van der Waals surface area contributed by atoms with Crippen LogP contribution in [0, 0.1) is 0 Å². The molecule has 2 N–H and O–H groups in total. The van der Waals surface area contributed by atoms with E-state index in [1.807, 2.05) is 17.5 Å². The Hall–Kier alpha value is -3.37. The normalized spacial score (nSPS) is 12.8. The Bertz CT molecular complexity index is 1130. The molecule has 0 spiro atoms. The number of fused-ring (bicyclic) bond motifs is 1. The Kier molecular flexibility index (Phi) is 5.42. The Morgan fingerprint density at radius 3 is 2.43 bits per heavy atom. The van der Waals surface area contributed by atoms with E-state index >= 15 is 0 Å². The van der Waals surface area contributed by atoms with Gasteiger partial charge < -0.3 is 10.6 Å². The summed E-state index contributed by atoms with van der Waals surface area (Å²) in [5, 5.41) is 7.58. The number of carbonyl (C=O) groups is 4. The zero-order valence-electron chi connectivity index (χ0n) is 15.8. The minimum absolute atomic E-state index is 0.0957. The number of nitrogens with one attached hydrogen (secondary N) is 2. The first-order valence-corrected chi connectivity index (χ1v) is 10.7. The number of amides is 4. The highest BCUT2D eigenvalue weighted by atomic mass is 32.1. The summed E-state index contributed by atoms with van der Waals surface area (Å²) in [4.78, 5) is 55.4. The first-order valence-electron chi connectivity index (χ1n) is 8.96. The molecule has 30 heavy (non-hydrogen) atoms. The highest BCUT2D eigenvalue weighted by Gasteiger charge is 2.36. The smallest absolute Gasteiger partial charge is 0.262 e. The number of thiophene rings is 1. The van der Waals surface area contributed by atoms with E-state index in [-0.39, 0.29) is 12.5 Å². The molecule has 0 saturated carbocycles. The predicted molar refractivity (Wildman–Crippen MR) is 113 cm³/mol. The molecule has 4 amide bonds. The molecule has 1 aliphatic rings.